The van der Waals surface area contributed by atoms with E-state index in [0.717, 1.165) is 23.5 Å². The normalized spacial score (nSPS) is 23.2. The van der Waals surface area contributed by atoms with Crippen molar-refractivity contribution in [1.82, 2.24) is 4.90 Å². The molecule has 1 saturated heterocycles. The van der Waals surface area contributed by atoms with E-state index in [4.69, 9.17) is 4.74 Å². The van der Waals surface area contributed by atoms with Crippen LogP contribution in [0.4, 0.5) is 50.0 Å². The minimum absolute atomic E-state index is 0.0474. The third kappa shape index (κ3) is 7.63. The Labute approximate surface area is 247 Å². The van der Waals surface area contributed by atoms with Gasteiger partial charge in [0.15, 0.2) is 0 Å². The molecule has 1 saturated carbocycles. The molecular formula is C29H31F9N2O4. The summed E-state index contributed by atoms with van der Waals surface area (Å²) in [7, 11) is 0. The zero-order chi connectivity index (χ0) is 32.8. The monoisotopic (exact) mass is 642 g/mol. The van der Waals surface area contributed by atoms with E-state index in [9.17, 15) is 49.1 Å². The van der Waals surface area contributed by atoms with Crippen LogP contribution in [-0.4, -0.2) is 54.3 Å². The molecule has 0 spiro atoms. The second-order valence-electron chi connectivity index (χ2n) is 11.7. The molecular weight excluding hydrogens is 611 g/mol. The lowest BCUT2D eigenvalue weighted by Gasteiger charge is -2.34. The first-order valence-electron chi connectivity index (χ1n) is 14.0. The van der Waals surface area contributed by atoms with E-state index in [1.165, 1.54) is 17.9 Å². The summed E-state index contributed by atoms with van der Waals surface area (Å²) in [6.07, 6.45) is -15.9. The molecule has 1 aromatic carbocycles. The van der Waals surface area contributed by atoms with Crippen LogP contribution in [-0.2, 0) is 16.1 Å². The van der Waals surface area contributed by atoms with E-state index < -0.39 is 72.7 Å². The standard InChI is InChI=1S/C29H31F9N2O4/c1-15(2)13-40(25(41)17-5-4-6-17)23-8-7-22(44-29(36,37)38)11-19(23)14-39-16(3)24(43-26(39)42)18-9-20(27(30,31)32)12-21(10-18)28(33,34)35/h7-9,11-12,15-17,21,24H,4-6,10,13-14H2,1-3H3/t16-,21?,24-/m0/s1. The zero-order valence-electron chi connectivity index (χ0n) is 23.9. The molecule has 0 radical (unpaired) electrons. The van der Waals surface area contributed by atoms with Gasteiger partial charge in [-0.3, -0.25) is 9.69 Å². The first-order chi connectivity index (χ1) is 20.2. The molecule has 1 aromatic rings. The fraction of sp³-hybridized carbons (Fsp3) is 0.586. The van der Waals surface area contributed by atoms with Gasteiger partial charge in [-0.25, -0.2) is 4.79 Å². The largest absolute Gasteiger partial charge is 0.573 e. The highest BCUT2D eigenvalue weighted by molar-refractivity contribution is 5.96. The van der Waals surface area contributed by atoms with Gasteiger partial charge in [0.25, 0.3) is 0 Å². The second-order valence-corrected chi connectivity index (χ2v) is 11.7. The number of cyclic esters (lactones) is 1. The maximum atomic E-state index is 13.5. The van der Waals surface area contributed by atoms with Crippen LogP contribution in [0.2, 0.25) is 0 Å². The van der Waals surface area contributed by atoms with Crippen LogP contribution in [0, 0.1) is 17.8 Å². The van der Waals surface area contributed by atoms with E-state index >= 15 is 0 Å². The van der Waals surface area contributed by atoms with Gasteiger partial charge >= 0.3 is 24.8 Å². The molecule has 15 heteroatoms. The fourth-order valence-corrected chi connectivity index (χ4v) is 5.50. The van der Waals surface area contributed by atoms with Gasteiger partial charge in [-0.15, -0.1) is 13.2 Å². The van der Waals surface area contributed by atoms with Crippen molar-refractivity contribution in [3.05, 3.63) is 47.1 Å². The van der Waals surface area contributed by atoms with Crippen LogP contribution in [0.15, 0.2) is 41.5 Å². The van der Waals surface area contributed by atoms with Gasteiger partial charge < -0.3 is 14.4 Å². The second kappa shape index (κ2) is 12.2. The van der Waals surface area contributed by atoms with Crippen LogP contribution in [0.3, 0.4) is 0 Å². The van der Waals surface area contributed by atoms with Crippen LogP contribution >= 0.6 is 0 Å². The molecule has 0 N–H and O–H groups in total. The summed E-state index contributed by atoms with van der Waals surface area (Å²) in [6.45, 7) is 4.75. The van der Waals surface area contributed by atoms with Crippen LogP contribution in [0.5, 0.6) is 5.75 Å². The highest BCUT2D eigenvalue weighted by Crippen LogP contribution is 2.44. The van der Waals surface area contributed by atoms with Crippen molar-refractivity contribution in [3.8, 4) is 5.75 Å². The van der Waals surface area contributed by atoms with Crippen molar-refractivity contribution in [2.75, 3.05) is 11.4 Å². The smallest absolute Gasteiger partial charge is 0.439 e. The Morgan fingerprint density at radius 1 is 1.09 bits per heavy atom. The number of allylic oxidation sites excluding steroid dienone is 3. The molecule has 44 heavy (non-hydrogen) atoms. The number of anilines is 1. The lowest BCUT2D eigenvalue weighted by atomic mass is 9.84. The van der Waals surface area contributed by atoms with Crippen molar-refractivity contribution in [2.24, 2.45) is 17.8 Å². The van der Waals surface area contributed by atoms with Crippen LogP contribution < -0.4 is 9.64 Å². The molecule has 2 amide bonds. The van der Waals surface area contributed by atoms with E-state index in [-0.39, 0.29) is 41.6 Å². The number of hydrogen-bond acceptors (Lipinski definition) is 4. The zero-order valence-corrected chi connectivity index (χ0v) is 23.9. The van der Waals surface area contributed by atoms with E-state index in [2.05, 4.69) is 4.74 Å². The quantitative estimate of drug-likeness (QED) is 0.269. The topological polar surface area (TPSA) is 59.1 Å². The van der Waals surface area contributed by atoms with E-state index in [1.807, 2.05) is 13.8 Å². The summed E-state index contributed by atoms with van der Waals surface area (Å²) in [5.74, 6) is -3.71. The molecule has 3 atom stereocenters. The Balaban J connectivity index is 1.69. The summed E-state index contributed by atoms with van der Waals surface area (Å²) < 4.78 is 130. The number of rotatable bonds is 8. The van der Waals surface area contributed by atoms with Crippen molar-refractivity contribution in [3.63, 3.8) is 0 Å². The molecule has 1 aliphatic heterocycles. The molecule has 2 fully saturated rings. The highest BCUT2D eigenvalue weighted by Gasteiger charge is 2.49. The number of halogens is 9. The lowest BCUT2D eigenvalue weighted by molar-refractivity contribution is -0.274. The van der Waals surface area contributed by atoms with Gasteiger partial charge in [0.2, 0.25) is 5.91 Å². The molecule has 244 valence electrons. The first kappa shape index (κ1) is 33.5. The Bertz CT molecular complexity index is 1310. The van der Waals surface area contributed by atoms with Crippen LogP contribution in [0.25, 0.3) is 0 Å². The summed E-state index contributed by atoms with van der Waals surface area (Å²) in [5.41, 5.74) is -1.68. The summed E-state index contributed by atoms with van der Waals surface area (Å²) >= 11 is 0. The lowest BCUT2D eigenvalue weighted by Crippen LogP contribution is -2.42. The maximum Gasteiger partial charge on any atom is 0.573 e. The van der Waals surface area contributed by atoms with Gasteiger partial charge in [0.05, 0.1) is 24.1 Å². The number of amides is 2. The molecule has 1 unspecified atom stereocenters. The average Bonchev–Trinajstić information content (AvgIpc) is 3.12. The Kier molecular flexibility index (Phi) is 9.28. The Morgan fingerprint density at radius 2 is 1.75 bits per heavy atom. The highest BCUT2D eigenvalue weighted by atomic mass is 19.4. The maximum absolute atomic E-state index is 13.5. The summed E-state index contributed by atoms with van der Waals surface area (Å²) in [4.78, 5) is 28.8. The fourth-order valence-electron chi connectivity index (χ4n) is 5.50. The number of benzene rings is 1. The molecule has 1 heterocycles. The number of ether oxygens (including phenoxy) is 2. The van der Waals surface area contributed by atoms with Gasteiger partial charge in [0.1, 0.15) is 11.9 Å². The number of alkyl halides is 9. The van der Waals surface area contributed by atoms with Crippen LogP contribution in [0.1, 0.15) is 52.0 Å². The number of carbonyl (C=O) groups is 2. The van der Waals surface area contributed by atoms with Gasteiger partial charge in [-0.1, -0.05) is 26.3 Å². The molecule has 2 aliphatic carbocycles. The third-order valence-corrected chi connectivity index (χ3v) is 7.87. The summed E-state index contributed by atoms with van der Waals surface area (Å²) in [5, 5.41) is 0. The predicted molar refractivity (Wildman–Crippen MR) is 139 cm³/mol. The van der Waals surface area contributed by atoms with Gasteiger partial charge in [-0.05, 0) is 67.5 Å². The van der Waals surface area contributed by atoms with Crippen molar-refractivity contribution < 1.29 is 58.6 Å². The number of carbonyl (C=O) groups excluding carboxylic acids is 2. The predicted octanol–water partition coefficient (Wildman–Crippen LogP) is 8.08. The minimum Gasteiger partial charge on any atom is -0.439 e. The SMILES string of the molecule is CC(C)CN(C(=O)C1CCC1)c1ccc(OC(F)(F)F)cc1CN1C(=O)O[C@H](C2=CC(C(F)(F)F)=CC(C(F)(F)F)C2)[C@@H]1C. The molecule has 3 aliphatic rings. The third-order valence-electron chi connectivity index (χ3n) is 7.87. The Morgan fingerprint density at radius 3 is 2.27 bits per heavy atom. The van der Waals surface area contributed by atoms with Gasteiger partial charge in [0, 0.05) is 18.2 Å². The van der Waals surface area contributed by atoms with Gasteiger partial charge in [-0.2, -0.15) is 26.3 Å². The minimum atomic E-state index is -5.10. The number of hydrogen-bond donors (Lipinski definition) is 0. The molecule has 6 nitrogen and oxygen atoms in total. The van der Waals surface area contributed by atoms with Crippen molar-refractivity contribution in [2.45, 2.75) is 83.9 Å². The number of nitrogens with zero attached hydrogens (tertiary/aromatic N) is 2. The molecule has 4 rings (SSSR count). The van der Waals surface area contributed by atoms with Crippen molar-refractivity contribution >= 4 is 17.7 Å². The van der Waals surface area contributed by atoms with E-state index in [0.29, 0.717) is 18.9 Å². The van der Waals surface area contributed by atoms with Crippen molar-refractivity contribution in [1.29, 1.82) is 0 Å². The summed E-state index contributed by atoms with van der Waals surface area (Å²) in [6, 6.07) is 2.17. The molecule has 0 aromatic heterocycles. The average molecular weight is 643 g/mol. The Hall–Kier alpha value is -3.39. The first-order valence-corrected chi connectivity index (χ1v) is 14.0. The molecule has 0 bridgehead atoms. The van der Waals surface area contributed by atoms with E-state index in [1.54, 1.807) is 0 Å².